The summed E-state index contributed by atoms with van der Waals surface area (Å²) >= 11 is 0. The normalized spacial score (nSPS) is 18.2. The molecular weight excluding hydrogens is 266 g/mol. The molecule has 0 spiro atoms. The van der Waals surface area contributed by atoms with Crippen molar-refractivity contribution < 1.29 is 4.79 Å². The summed E-state index contributed by atoms with van der Waals surface area (Å²) < 4.78 is 1.93. The molecule has 2 aromatic rings. The average Bonchev–Trinajstić information content (AvgIpc) is 3.06. The Balaban J connectivity index is 2.02. The van der Waals surface area contributed by atoms with E-state index in [0.717, 1.165) is 42.4 Å². The molecule has 21 heavy (non-hydrogen) atoms. The lowest BCUT2D eigenvalue weighted by atomic mass is 10.2. The van der Waals surface area contributed by atoms with Gasteiger partial charge in [0.2, 0.25) is 5.91 Å². The number of carbonyl (C=O) groups excluding carboxylic acids is 1. The SMILES string of the molecule is CC(=O)N1CCCC1c1nc(C)cc(-c2nccn2C)n1. The second kappa shape index (κ2) is 5.27. The van der Waals surface area contributed by atoms with Crippen LogP contribution in [0.2, 0.25) is 0 Å². The number of aryl methyl sites for hydroxylation is 2. The molecule has 3 rings (SSSR count). The van der Waals surface area contributed by atoms with Crippen molar-refractivity contribution in [3.8, 4) is 11.5 Å². The van der Waals surface area contributed by atoms with Crippen molar-refractivity contribution in [1.82, 2.24) is 24.4 Å². The molecule has 0 N–H and O–H groups in total. The zero-order valence-corrected chi connectivity index (χ0v) is 12.6. The number of hydrogen-bond acceptors (Lipinski definition) is 4. The highest BCUT2D eigenvalue weighted by Crippen LogP contribution is 2.30. The monoisotopic (exact) mass is 285 g/mol. The van der Waals surface area contributed by atoms with Gasteiger partial charge in [-0.3, -0.25) is 4.79 Å². The maximum absolute atomic E-state index is 11.7. The van der Waals surface area contributed by atoms with Crippen molar-refractivity contribution in [1.29, 1.82) is 0 Å². The molecule has 1 aliphatic rings. The lowest BCUT2D eigenvalue weighted by Gasteiger charge is -2.22. The van der Waals surface area contributed by atoms with Crippen LogP contribution in [0.15, 0.2) is 18.5 Å². The number of rotatable bonds is 2. The van der Waals surface area contributed by atoms with Crippen LogP contribution in [-0.4, -0.2) is 36.9 Å². The number of likely N-dealkylation sites (tertiary alicyclic amines) is 1. The van der Waals surface area contributed by atoms with Crippen LogP contribution in [0.25, 0.3) is 11.5 Å². The fourth-order valence-corrected chi connectivity index (χ4v) is 2.88. The molecule has 6 heteroatoms. The van der Waals surface area contributed by atoms with Crippen LogP contribution in [0.1, 0.15) is 37.3 Å². The Bertz CT molecular complexity index is 678. The van der Waals surface area contributed by atoms with Crippen LogP contribution in [0, 0.1) is 6.92 Å². The molecule has 6 nitrogen and oxygen atoms in total. The van der Waals surface area contributed by atoms with Crippen molar-refractivity contribution in [3.63, 3.8) is 0 Å². The molecule has 1 aliphatic heterocycles. The Kier molecular flexibility index (Phi) is 3.45. The van der Waals surface area contributed by atoms with Gasteiger partial charge in [0.05, 0.1) is 6.04 Å². The van der Waals surface area contributed by atoms with E-state index in [1.165, 1.54) is 0 Å². The van der Waals surface area contributed by atoms with E-state index in [2.05, 4.69) is 15.0 Å². The van der Waals surface area contributed by atoms with Gasteiger partial charge in [-0.1, -0.05) is 0 Å². The fraction of sp³-hybridized carbons (Fsp3) is 0.467. The van der Waals surface area contributed by atoms with Crippen LogP contribution in [-0.2, 0) is 11.8 Å². The van der Waals surface area contributed by atoms with Gasteiger partial charge < -0.3 is 9.47 Å². The van der Waals surface area contributed by atoms with Crippen LogP contribution >= 0.6 is 0 Å². The summed E-state index contributed by atoms with van der Waals surface area (Å²) in [6, 6.07) is 1.92. The van der Waals surface area contributed by atoms with E-state index < -0.39 is 0 Å². The van der Waals surface area contributed by atoms with Gasteiger partial charge in [0.1, 0.15) is 5.69 Å². The minimum absolute atomic E-state index is 0.0126. The Labute approximate surface area is 123 Å². The summed E-state index contributed by atoms with van der Waals surface area (Å²) in [6.07, 6.45) is 5.57. The first-order valence-electron chi connectivity index (χ1n) is 7.17. The predicted molar refractivity (Wildman–Crippen MR) is 78.3 cm³/mol. The van der Waals surface area contributed by atoms with Gasteiger partial charge in [0, 0.05) is 38.6 Å². The number of hydrogen-bond donors (Lipinski definition) is 0. The molecule has 1 fully saturated rings. The Morgan fingerprint density at radius 2 is 2.19 bits per heavy atom. The number of nitrogens with zero attached hydrogens (tertiary/aromatic N) is 5. The van der Waals surface area contributed by atoms with E-state index in [-0.39, 0.29) is 11.9 Å². The van der Waals surface area contributed by atoms with Crippen molar-refractivity contribution in [2.75, 3.05) is 6.54 Å². The van der Waals surface area contributed by atoms with Crippen LogP contribution < -0.4 is 0 Å². The highest BCUT2D eigenvalue weighted by atomic mass is 16.2. The second-order valence-electron chi connectivity index (χ2n) is 5.48. The largest absolute Gasteiger partial charge is 0.333 e. The molecule has 0 aromatic carbocycles. The summed E-state index contributed by atoms with van der Waals surface area (Å²) in [6.45, 7) is 4.34. The Morgan fingerprint density at radius 3 is 2.86 bits per heavy atom. The number of aromatic nitrogens is 4. The molecule has 1 unspecified atom stereocenters. The average molecular weight is 285 g/mol. The van der Waals surface area contributed by atoms with Gasteiger partial charge in [-0.2, -0.15) is 0 Å². The molecule has 1 saturated heterocycles. The highest BCUT2D eigenvalue weighted by Gasteiger charge is 2.30. The van der Waals surface area contributed by atoms with Crippen molar-refractivity contribution in [2.45, 2.75) is 32.7 Å². The number of carbonyl (C=O) groups is 1. The molecule has 110 valence electrons. The molecule has 1 atom stereocenters. The number of amides is 1. The third kappa shape index (κ3) is 2.53. The van der Waals surface area contributed by atoms with Crippen LogP contribution in [0.4, 0.5) is 0 Å². The molecule has 0 bridgehead atoms. The first-order chi connectivity index (χ1) is 10.1. The predicted octanol–water partition coefficient (Wildman–Crippen LogP) is 1.87. The van der Waals surface area contributed by atoms with Gasteiger partial charge in [-0.15, -0.1) is 0 Å². The lowest BCUT2D eigenvalue weighted by molar-refractivity contribution is -0.129. The van der Waals surface area contributed by atoms with E-state index in [1.54, 1.807) is 13.1 Å². The molecule has 0 radical (unpaired) electrons. The highest BCUT2D eigenvalue weighted by molar-refractivity contribution is 5.74. The van der Waals surface area contributed by atoms with Crippen molar-refractivity contribution >= 4 is 5.91 Å². The number of imidazole rings is 1. The van der Waals surface area contributed by atoms with Crippen LogP contribution in [0.3, 0.4) is 0 Å². The van der Waals surface area contributed by atoms with E-state index in [1.807, 2.05) is 35.7 Å². The van der Waals surface area contributed by atoms with E-state index in [0.29, 0.717) is 0 Å². The van der Waals surface area contributed by atoms with Gasteiger partial charge in [-0.05, 0) is 25.8 Å². The summed E-state index contributed by atoms with van der Waals surface area (Å²) in [7, 11) is 1.94. The first kappa shape index (κ1) is 13.7. The smallest absolute Gasteiger partial charge is 0.220 e. The minimum Gasteiger partial charge on any atom is -0.333 e. The van der Waals surface area contributed by atoms with Gasteiger partial charge in [0.15, 0.2) is 11.6 Å². The summed E-state index contributed by atoms with van der Waals surface area (Å²) in [4.78, 5) is 27.1. The lowest BCUT2D eigenvalue weighted by Crippen LogP contribution is -2.29. The van der Waals surface area contributed by atoms with Gasteiger partial charge in [-0.25, -0.2) is 15.0 Å². The standard InChI is InChI=1S/C15H19N5O/c1-10-9-12(15-16-6-8-19(15)3)18-14(17-10)13-5-4-7-20(13)11(2)21/h6,8-9,13H,4-5,7H2,1-3H3. The molecule has 1 amide bonds. The van der Waals surface area contributed by atoms with E-state index >= 15 is 0 Å². The first-order valence-corrected chi connectivity index (χ1v) is 7.17. The molecule has 0 saturated carbocycles. The van der Waals surface area contributed by atoms with Crippen LogP contribution in [0.5, 0.6) is 0 Å². The zero-order valence-electron chi connectivity index (χ0n) is 12.6. The Hall–Kier alpha value is -2.24. The van der Waals surface area contributed by atoms with Gasteiger partial charge >= 0.3 is 0 Å². The maximum Gasteiger partial charge on any atom is 0.220 e. The summed E-state index contributed by atoms with van der Waals surface area (Å²) in [5.41, 5.74) is 1.70. The third-order valence-corrected chi connectivity index (χ3v) is 3.88. The minimum atomic E-state index is -0.0126. The molecule has 0 aliphatic carbocycles. The molecule has 3 heterocycles. The summed E-state index contributed by atoms with van der Waals surface area (Å²) in [5, 5.41) is 0. The summed E-state index contributed by atoms with van der Waals surface area (Å²) in [5.74, 6) is 1.62. The van der Waals surface area contributed by atoms with Crippen molar-refractivity contribution in [3.05, 3.63) is 30.0 Å². The van der Waals surface area contributed by atoms with E-state index in [4.69, 9.17) is 0 Å². The maximum atomic E-state index is 11.7. The zero-order chi connectivity index (χ0) is 15.0. The molecular formula is C15H19N5O. The van der Waals surface area contributed by atoms with Crippen molar-refractivity contribution in [2.24, 2.45) is 7.05 Å². The van der Waals surface area contributed by atoms with Gasteiger partial charge in [0.25, 0.3) is 0 Å². The molecule has 2 aromatic heterocycles. The second-order valence-corrected chi connectivity index (χ2v) is 5.48. The van der Waals surface area contributed by atoms with E-state index in [9.17, 15) is 4.79 Å². The topological polar surface area (TPSA) is 63.9 Å². The fourth-order valence-electron chi connectivity index (χ4n) is 2.88. The third-order valence-electron chi connectivity index (χ3n) is 3.88. The Morgan fingerprint density at radius 1 is 1.38 bits per heavy atom. The quantitative estimate of drug-likeness (QED) is 0.845.